The van der Waals surface area contributed by atoms with E-state index in [2.05, 4.69) is 167 Å². The first-order valence-electron chi connectivity index (χ1n) is 21.3. The van der Waals surface area contributed by atoms with Gasteiger partial charge in [0.15, 0.2) is 0 Å². The smallest absolute Gasteiger partial charge is 0.256 e. The van der Waals surface area contributed by atoms with E-state index < -0.39 is 0 Å². The summed E-state index contributed by atoms with van der Waals surface area (Å²) in [5.74, 6) is 3.54. The Kier molecular flexibility index (Phi) is 5.41. The van der Waals surface area contributed by atoms with Crippen molar-refractivity contribution in [1.82, 2.24) is 9.13 Å². The van der Waals surface area contributed by atoms with Crippen molar-refractivity contribution < 1.29 is 9.47 Å². The van der Waals surface area contributed by atoms with Gasteiger partial charge in [-0.15, -0.1) is 22.7 Å². The number of aromatic nitrogens is 2. The maximum absolute atomic E-state index is 7.03. The van der Waals surface area contributed by atoms with Crippen molar-refractivity contribution in [3.05, 3.63) is 158 Å². The van der Waals surface area contributed by atoms with Gasteiger partial charge in [-0.25, -0.2) is 0 Å². The zero-order valence-corrected chi connectivity index (χ0v) is 34.3. The van der Waals surface area contributed by atoms with E-state index in [-0.39, 0.29) is 13.4 Å². The van der Waals surface area contributed by atoms with E-state index in [1.165, 1.54) is 128 Å². The zero-order chi connectivity index (χ0) is 39.7. The van der Waals surface area contributed by atoms with Crippen LogP contribution in [0.1, 0.15) is 0 Å². The average Bonchev–Trinajstić information content (AvgIpc) is 4.07. The van der Waals surface area contributed by atoms with Crippen molar-refractivity contribution in [1.29, 1.82) is 0 Å². The summed E-state index contributed by atoms with van der Waals surface area (Å²) >= 11 is 3.77. The van der Waals surface area contributed by atoms with Gasteiger partial charge in [0.1, 0.15) is 23.0 Å². The van der Waals surface area contributed by atoms with Crippen LogP contribution in [-0.2, 0) is 0 Å². The Balaban J connectivity index is 0.952. The van der Waals surface area contributed by atoms with Crippen LogP contribution < -0.4 is 42.3 Å². The topological polar surface area (TPSA) is 28.3 Å². The third kappa shape index (κ3) is 3.51. The van der Waals surface area contributed by atoms with E-state index in [1.54, 1.807) is 0 Å². The molecule has 9 aromatic carbocycles. The van der Waals surface area contributed by atoms with Crippen LogP contribution in [0.15, 0.2) is 158 Å². The average molecular weight is 821 g/mol. The molecule has 0 spiro atoms. The van der Waals surface area contributed by atoms with Crippen molar-refractivity contribution >= 4 is 153 Å². The quantitative estimate of drug-likeness (QED) is 0.143. The summed E-state index contributed by atoms with van der Waals surface area (Å²) in [4.78, 5) is 0. The number of rotatable bonds is 0. The van der Waals surface area contributed by atoms with Crippen LogP contribution >= 0.6 is 22.7 Å². The first-order valence-corrected chi connectivity index (χ1v) is 22.9. The molecule has 0 fully saturated rings. The van der Waals surface area contributed by atoms with Gasteiger partial charge >= 0.3 is 0 Å². The van der Waals surface area contributed by atoms with Gasteiger partial charge in [0.25, 0.3) is 13.4 Å². The lowest BCUT2D eigenvalue weighted by Gasteiger charge is -2.36. The summed E-state index contributed by atoms with van der Waals surface area (Å²) in [5, 5.41) is 10.6. The summed E-state index contributed by atoms with van der Waals surface area (Å²) in [5.41, 5.74) is 14.9. The maximum atomic E-state index is 7.03. The van der Waals surface area contributed by atoms with E-state index in [0.717, 1.165) is 23.0 Å². The van der Waals surface area contributed by atoms with Crippen LogP contribution in [0.5, 0.6) is 23.0 Å². The molecule has 4 aliphatic rings. The monoisotopic (exact) mass is 820 g/mol. The molecule has 0 N–H and O–H groups in total. The lowest BCUT2D eigenvalue weighted by atomic mass is 9.31. The second kappa shape index (κ2) is 10.6. The van der Waals surface area contributed by atoms with Crippen molar-refractivity contribution in [2.45, 2.75) is 0 Å². The summed E-state index contributed by atoms with van der Waals surface area (Å²) in [6.45, 7) is -0.0406. The lowest BCUT2D eigenvalue weighted by molar-refractivity contribution is 0.465. The Morgan fingerprint density at radius 3 is 1.34 bits per heavy atom. The highest BCUT2D eigenvalue weighted by Crippen LogP contribution is 2.47. The van der Waals surface area contributed by atoms with Crippen molar-refractivity contribution in [2.75, 3.05) is 0 Å². The van der Waals surface area contributed by atoms with Crippen molar-refractivity contribution in [3.63, 3.8) is 0 Å². The Morgan fingerprint density at radius 2 is 0.823 bits per heavy atom. The van der Waals surface area contributed by atoms with Gasteiger partial charge in [0.2, 0.25) is 0 Å². The number of ether oxygens (including phenoxy) is 2. The molecule has 62 heavy (non-hydrogen) atoms. The largest absolute Gasteiger partial charge is 0.458 e. The molecule has 17 rings (SSSR count). The molecule has 13 aromatic rings. The number of hydrogen-bond acceptors (Lipinski definition) is 4. The molecular formula is C54H26B2N2O2S2. The maximum Gasteiger partial charge on any atom is 0.256 e. The molecule has 282 valence electrons. The first-order chi connectivity index (χ1) is 30.8. The molecule has 0 saturated heterocycles. The molecule has 4 nitrogen and oxygen atoms in total. The molecule has 8 heteroatoms. The van der Waals surface area contributed by atoms with Gasteiger partial charge < -0.3 is 18.6 Å². The fraction of sp³-hybridized carbons (Fsp3) is 0. The predicted molar refractivity (Wildman–Crippen MR) is 263 cm³/mol. The number of benzene rings is 9. The van der Waals surface area contributed by atoms with Gasteiger partial charge in [-0.2, -0.15) is 0 Å². The van der Waals surface area contributed by atoms with Gasteiger partial charge in [-0.3, -0.25) is 0 Å². The third-order valence-corrected chi connectivity index (χ3v) is 16.9. The molecular weight excluding hydrogens is 794 g/mol. The molecule has 0 bridgehead atoms. The van der Waals surface area contributed by atoms with Crippen LogP contribution in [0.25, 0.3) is 95.3 Å². The molecule has 4 aromatic heterocycles. The minimum Gasteiger partial charge on any atom is -0.458 e. The number of thiophene rings is 2. The van der Waals surface area contributed by atoms with Crippen LogP contribution in [0.3, 0.4) is 0 Å². The van der Waals surface area contributed by atoms with Crippen molar-refractivity contribution in [2.24, 2.45) is 0 Å². The fourth-order valence-corrected chi connectivity index (χ4v) is 14.6. The van der Waals surface area contributed by atoms with Crippen LogP contribution in [0.4, 0.5) is 0 Å². The minimum atomic E-state index is -0.0203. The van der Waals surface area contributed by atoms with E-state index in [9.17, 15) is 0 Å². The Morgan fingerprint density at radius 1 is 0.355 bits per heavy atom. The highest BCUT2D eigenvalue weighted by Gasteiger charge is 2.45. The molecule has 0 atom stereocenters. The van der Waals surface area contributed by atoms with Crippen LogP contribution in [0.2, 0.25) is 0 Å². The first kappa shape index (κ1) is 31.6. The van der Waals surface area contributed by atoms with Gasteiger partial charge in [-0.1, -0.05) is 91.0 Å². The molecule has 0 unspecified atom stereocenters. The minimum absolute atomic E-state index is 0.0203. The van der Waals surface area contributed by atoms with Crippen LogP contribution in [0, 0.1) is 0 Å². The highest BCUT2D eigenvalue weighted by atomic mass is 32.1. The Labute approximate surface area is 361 Å². The SMILES string of the molecule is c1cc2c3c(c1)-n1c4ccc5sc6ccccc6c5c4c4cccc(c41)B3c1cc3c(cc1O2)Oc1cccc2c1B3c1cccc3c4c5c(ccc4n-2c13)sc1ccccc15. The van der Waals surface area contributed by atoms with Gasteiger partial charge in [-0.05, 0) is 93.4 Å². The second-order valence-electron chi connectivity index (χ2n) is 17.4. The van der Waals surface area contributed by atoms with Gasteiger partial charge in [0, 0.05) is 90.4 Å². The Bertz CT molecular complexity index is 4050. The number of fused-ring (bicyclic) bond motifs is 22. The van der Waals surface area contributed by atoms with Gasteiger partial charge in [0.05, 0.1) is 11.0 Å². The highest BCUT2D eigenvalue weighted by molar-refractivity contribution is 7.26. The summed E-state index contributed by atoms with van der Waals surface area (Å²) < 4.78 is 24.4. The standard InChI is InChI=1S/C54H26B2N2O2S2/c1-3-19-43-27(9-1)49-45(61-43)23-21-35-47(49)29-11-5-13-31-53(29)57(35)37-15-7-17-39-51(37)55(31)33-25-34-42(26-41(33)59-39)60-40-18-8-16-38-52(40)56(34)32-14-6-12-30-48-36(58(38)54(30)32)22-24-46-50(48)28-10-2-4-20-44(28)62-46/h1-26H. The molecule has 0 saturated carbocycles. The molecule has 4 aliphatic heterocycles. The molecule has 0 radical (unpaired) electrons. The number of hydrogen-bond donors (Lipinski definition) is 0. The van der Waals surface area contributed by atoms with E-state index >= 15 is 0 Å². The Hall–Kier alpha value is -7.25. The predicted octanol–water partition coefficient (Wildman–Crippen LogP) is 10.5. The number of nitrogens with zero attached hydrogens (tertiary/aromatic N) is 2. The second-order valence-corrected chi connectivity index (χ2v) is 19.6. The molecule has 0 aliphatic carbocycles. The zero-order valence-electron chi connectivity index (χ0n) is 32.7. The number of para-hydroxylation sites is 2. The summed E-state index contributed by atoms with van der Waals surface area (Å²) in [7, 11) is 0. The van der Waals surface area contributed by atoms with E-state index in [1.807, 2.05) is 22.7 Å². The lowest BCUT2D eigenvalue weighted by Crippen LogP contribution is -2.62. The molecule has 8 heterocycles. The fourth-order valence-electron chi connectivity index (χ4n) is 12.4. The van der Waals surface area contributed by atoms with Crippen molar-refractivity contribution in [3.8, 4) is 34.4 Å². The third-order valence-electron chi connectivity index (χ3n) is 14.6. The van der Waals surface area contributed by atoms with E-state index in [4.69, 9.17) is 9.47 Å². The van der Waals surface area contributed by atoms with Crippen LogP contribution in [-0.4, -0.2) is 22.6 Å². The normalized spacial score (nSPS) is 14.0. The summed E-state index contributed by atoms with van der Waals surface area (Å²) in [6, 6.07) is 58.8. The molecule has 0 amide bonds. The van der Waals surface area contributed by atoms with E-state index in [0.29, 0.717) is 0 Å². The summed E-state index contributed by atoms with van der Waals surface area (Å²) in [6.07, 6.45) is 0.